The molecule has 6 nitrogen and oxygen atoms in total. The van der Waals surface area contributed by atoms with Crippen LogP contribution in [0.15, 0.2) is 91.0 Å². The van der Waals surface area contributed by atoms with Gasteiger partial charge in [-0.05, 0) is 58.9 Å². The normalized spacial score (nSPS) is 15.5. The Balaban J connectivity index is 1.33. The van der Waals surface area contributed by atoms with Crippen molar-refractivity contribution in [3.63, 3.8) is 0 Å². The summed E-state index contributed by atoms with van der Waals surface area (Å²) in [5.74, 6) is 0.428. The molecule has 0 unspecified atom stereocenters. The fourth-order valence-corrected chi connectivity index (χ4v) is 6.94. The van der Waals surface area contributed by atoms with Crippen molar-refractivity contribution in [1.82, 2.24) is 5.32 Å². The minimum atomic E-state index is -0.964. The minimum absolute atomic E-state index is 0.0418. The van der Waals surface area contributed by atoms with Crippen LogP contribution in [0.4, 0.5) is 4.79 Å². The number of amides is 1. The number of ether oxygens (including phenoxy) is 1. The number of fused-ring (bicyclic) bond motifs is 3. The molecule has 45 heavy (non-hydrogen) atoms. The van der Waals surface area contributed by atoms with Crippen molar-refractivity contribution in [2.75, 3.05) is 6.61 Å². The monoisotopic (exact) mass is 629 g/mol. The highest BCUT2D eigenvalue weighted by atomic mass is 32.2. The topological polar surface area (TPSA) is 95.9 Å². The number of benzene rings is 3. The molecule has 1 aliphatic carbocycles. The van der Waals surface area contributed by atoms with E-state index in [2.05, 4.69) is 29.6 Å². The predicted molar refractivity (Wildman–Crippen MR) is 183 cm³/mol. The Morgan fingerprint density at radius 2 is 1.42 bits per heavy atom. The maximum atomic E-state index is 13.1. The second-order valence-electron chi connectivity index (χ2n) is 12.8. The van der Waals surface area contributed by atoms with E-state index in [1.807, 2.05) is 82.3 Å². The summed E-state index contributed by atoms with van der Waals surface area (Å²) in [6, 6.07) is 25.7. The summed E-state index contributed by atoms with van der Waals surface area (Å²) in [6.07, 6.45) is 2.25. The third-order valence-corrected chi connectivity index (χ3v) is 9.28. The summed E-state index contributed by atoms with van der Waals surface area (Å²) in [6.45, 7) is 8.34. The van der Waals surface area contributed by atoms with Gasteiger partial charge in [0.1, 0.15) is 6.61 Å². The van der Waals surface area contributed by atoms with Gasteiger partial charge in [0.2, 0.25) is 0 Å². The van der Waals surface area contributed by atoms with E-state index < -0.39 is 30.3 Å². The molecule has 240 valence electrons. The number of hydrogen-bond donors (Lipinski definition) is 3. The van der Waals surface area contributed by atoms with Gasteiger partial charge in [0, 0.05) is 11.7 Å². The molecule has 3 N–H and O–H groups in total. The number of carbonyl (C=O) groups excluding carboxylic acids is 2. The lowest BCUT2D eigenvalue weighted by Crippen LogP contribution is -2.44. The maximum Gasteiger partial charge on any atom is 0.407 e. The molecule has 0 spiro atoms. The molecule has 0 fully saturated rings. The summed E-state index contributed by atoms with van der Waals surface area (Å²) in [5.41, 5.74) is 5.67. The van der Waals surface area contributed by atoms with Gasteiger partial charge in [-0.2, -0.15) is 0 Å². The van der Waals surface area contributed by atoms with Gasteiger partial charge < -0.3 is 20.3 Å². The van der Waals surface area contributed by atoms with E-state index in [4.69, 9.17) is 4.74 Å². The van der Waals surface area contributed by atoms with E-state index in [9.17, 15) is 19.8 Å². The lowest BCUT2D eigenvalue weighted by Gasteiger charge is -2.25. The summed E-state index contributed by atoms with van der Waals surface area (Å²) < 4.78 is 5.74. The number of alkyl carbamates (subject to hydrolysis) is 1. The number of carbonyl (C=O) groups is 2. The Hall–Kier alpha value is -3.39. The van der Waals surface area contributed by atoms with Crippen molar-refractivity contribution >= 4 is 23.0 Å². The number of aliphatic hydroxyl groups excluding tert-OH is 2. The lowest BCUT2D eigenvalue weighted by molar-refractivity contribution is -0.117. The van der Waals surface area contributed by atoms with Crippen molar-refractivity contribution in [3.05, 3.63) is 108 Å². The van der Waals surface area contributed by atoms with Crippen molar-refractivity contribution in [1.29, 1.82) is 0 Å². The van der Waals surface area contributed by atoms with Crippen molar-refractivity contribution in [2.24, 2.45) is 17.8 Å². The van der Waals surface area contributed by atoms with E-state index in [0.29, 0.717) is 18.6 Å². The van der Waals surface area contributed by atoms with Crippen LogP contribution in [0, 0.1) is 17.8 Å². The van der Waals surface area contributed by atoms with E-state index >= 15 is 0 Å². The molecule has 1 amide bonds. The minimum Gasteiger partial charge on any atom is -0.449 e. The molecule has 0 radical (unpaired) electrons. The molecule has 4 atom stereocenters. The van der Waals surface area contributed by atoms with Gasteiger partial charge in [0.05, 0.1) is 24.2 Å². The molecule has 0 aliphatic heterocycles. The average Bonchev–Trinajstić information content (AvgIpc) is 3.34. The number of nitrogens with one attached hydrogen (secondary N) is 1. The fourth-order valence-electron chi connectivity index (χ4n) is 5.99. The Kier molecular flexibility index (Phi) is 12.9. The van der Waals surface area contributed by atoms with Gasteiger partial charge in [-0.15, -0.1) is 0 Å². The second-order valence-corrected chi connectivity index (χ2v) is 13.7. The summed E-state index contributed by atoms with van der Waals surface area (Å²) in [4.78, 5) is 26.1. The second kappa shape index (κ2) is 16.8. The van der Waals surface area contributed by atoms with Crippen LogP contribution in [-0.2, 0) is 15.3 Å². The first-order valence-electron chi connectivity index (χ1n) is 16.0. The highest BCUT2D eigenvalue weighted by Crippen LogP contribution is 2.44. The number of hydrogen-bond acceptors (Lipinski definition) is 6. The highest BCUT2D eigenvalue weighted by molar-refractivity contribution is 8.13. The van der Waals surface area contributed by atoms with Crippen LogP contribution in [0.3, 0.4) is 0 Å². The van der Waals surface area contributed by atoms with Crippen molar-refractivity contribution < 1.29 is 24.5 Å². The van der Waals surface area contributed by atoms with Gasteiger partial charge in [-0.25, -0.2) is 4.79 Å². The van der Waals surface area contributed by atoms with Crippen LogP contribution >= 0.6 is 11.8 Å². The molecule has 0 heterocycles. The molecular formula is C38H47NO5S. The zero-order chi connectivity index (χ0) is 32.3. The molecule has 7 heteroatoms. The fraction of sp³-hybridized carbons (Fsp3) is 0.421. The van der Waals surface area contributed by atoms with Crippen LogP contribution in [0.5, 0.6) is 0 Å². The number of aliphatic hydroxyl groups is 2. The first-order chi connectivity index (χ1) is 21.6. The van der Waals surface area contributed by atoms with E-state index in [1.165, 1.54) is 11.8 Å². The smallest absolute Gasteiger partial charge is 0.407 e. The van der Waals surface area contributed by atoms with Crippen LogP contribution < -0.4 is 5.32 Å². The molecule has 0 saturated heterocycles. The quantitative estimate of drug-likeness (QED) is 0.149. The molecule has 0 aromatic heterocycles. The van der Waals surface area contributed by atoms with Crippen molar-refractivity contribution in [2.45, 2.75) is 76.9 Å². The largest absolute Gasteiger partial charge is 0.449 e. The van der Waals surface area contributed by atoms with E-state index in [0.717, 1.165) is 27.8 Å². The third-order valence-electron chi connectivity index (χ3n) is 8.21. The summed E-state index contributed by atoms with van der Waals surface area (Å²) >= 11 is 1.23. The van der Waals surface area contributed by atoms with E-state index in [1.54, 1.807) is 12.2 Å². The van der Waals surface area contributed by atoms with Crippen LogP contribution in [0.2, 0.25) is 0 Å². The first kappa shape index (κ1) is 34.5. The Bertz CT molecular complexity index is 1380. The molecule has 0 bridgehead atoms. The molecule has 3 aromatic carbocycles. The van der Waals surface area contributed by atoms with Gasteiger partial charge in [-0.1, -0.05) is 130 Å². The zero-order valence-corrected chi connectivity index (χ0v) is 27.6. The summed E-state index contributed by atoms with van der Waals surface area (Å²) in [7, 11) is 0. The Morgan fingerprint density at radius 1 is 0.844 bits per heavy atom. The molecule has 4 rings (SSSR count). The van der Waals surface area contributed by atoms with Crippen molar-refractivity contribution in [3.8, 4) is 11.1 Å². The predicted octanol–water partition coefficient (Wildman–Crippen LogP) is 7.73. The van der Waals surface area contributed by atoms with Gasteiger partial charge in [0.25, 0.3) is 0 Å². The molecule has 1 aliphatic rings. The third kappa shape index (κ3) is 9.80. The Labute approximate surface area is 272 Å². The number of thioether (sulfide) groups is 1. The van der Waals surface area contributed by atoms with Gasteiger partial charge >= 0.3 is 6.09 Å². The lowest BCUT2D eigenvalue weighted by atomic mass is 9.92. The molecular weight excluding hydrogens is 582 g/mol. The first-order valence-corrected chi connectivity index (χ1v) is 17.0. The molecule has 3 aromatic rings. The molecule has 0 saturated carbocycles. The zero-order valence-electron chi connectivity index (χ0n) is 26.8. The van der Waals surface area contributed by atoms with Crippen LogP contribution in [0.1, 0.15) is 69.6 Å². The Morgan fingerprint density at radius 3 is 2.02 bits per heavy atom. The standard InChI is InChI=1S/C38H47NO5S/c1-25(2)21-32(37(42)45-24-27-13-6-5-7-14-27)35(40)19-12-20-36(41)34(22-26(3)4)39-38(43)44-23-33-30-17-10-8-15-28(30)29-16-9-11-18-31(29)33/h5-19,25-26,32-36,40-41H,20-24H2,1-4H3,(H,39,43)/b19-12-/t32-,34+,35+,36-/m1/s1. The van der Waals surface area contributed by atoms with Crippen LogP contribution in [0.25, 0.3) is 11.1 Å². The van der Waals surface area contributed by atoms with Gasteiger partial charge in [0.15, 0.2) is 5.12 Å². The number of rotatable bonds is 15. The van der Waals surface area contributed by atoms with Crippen LogP contribution in [-0.4, -0.2) is 46.3 Å². The maximum absolute atomic E-state index is 13.1. The highest BCUT2D eigenvalue weighted by Gasteiger charge is 2.30. The average molecular weight is 630 g/mol. The SMILES string of the molecule is CC(C)C[C@H](NC(=O)OCC1c2ccccc2-c2ccccc21)[C@H](O)C/C=C\[C@H](O)[C@@H](CC(C)C)C(=O)SCc1ccccc1. The van der Waals surface area contributed by atoms with Gasteiger partial charge in [-0.3, -0.25) is 4.79 Å². The summed E-state index contributed by atoms with van der Waals surface area (Å²) in [5, 5.41) is 24.9. The van der Waals surface area contributed by atoms with E-state index in [-0.39, 0.29) is 35.9 Å².